The Morgan fingerprint density at radius 2 is 1.89 bits per heavy atom. The van der Waals surface area contributed by atoms with E-state index in [1.54, 1.807) is 0 Å². The van der Waals surface area contributed by atoms with E-state index in [9.17, 15) is 9.59 Å². The molecule has 2 N–H and O–H groups in total. The monoisotopic (exact) mass is 400 g/mol. The standard InChI is InChI=1S/C19H20N4O4S/c1-12-4-3-5-13(2)18(12)26-10-16(25)22-21-15(24)6-7-17-20-19(23-27-17)14-8-9-28-11-14/h3-5,8-9,11H,6-7,10H2,1-2H3,(H,21,24)(H,22,25). The molecule has 9 heteroatoms. The number of amides is 2. The summed E-state index contributed by atoms with van der Waals surface area (Å²) in [6.07, 6.45) is 0.376. The minimum Gasteiger partial charge on any atom is -0.483 e. The highest BCUT2D eigenvalue weighted by atomic mass is 32.1. The molecule has 0 aliphatic rings. The molecule has 3 rings (SSSR count). The number of nitrogens with zero attached hydrogens (tertiary/aromatic N) is 2. The summed E-state index contributed by atoms with van der Waals surface area (Å²) in [6, 6.07) is 7.62. The van der Waals surface area contributed by atoms with E-state index >= 15 is 0 Å². The van der Waals surface area contributed by atoms with Gasteiger partial charge in [-0.15, -0.1) is 0 Å². The Morgan fingerprint density at radius 1 is 1.14 bits per heavy atom. The fourth-order valence-corrected chi connectivity index (χ4v) is 3.12. The van der Waals surface area contributed by atoms with Gasteiger partial charge in [0.1, 0.15) is 5.75 Å². The summed E-state index contributed by atoms with van der Waals surface area (Å²) in [6.45, 7) is 3.62. The van der Waals surface area contributed by atoms with Gasteiger partial charge in [0.05, 0.1) is 0 Å². The van der Waals surface area contributed by atoms with E-state index in [-0.39, 0.29) is 25.4 Å². The molecule has 0 unspecified atom stereocenters. The molecule has 3 aromatic rings. The van der Waals surface area contributed by atoms with Crippen molar-refractivity contribution >= 4 is 23.2 Å². The zero-order chi connectivity index (χ0) is 19.9. The van der Waals surface area contributed by atoms with Crippen molar-refractivity contribution in [2.45, 2.75) is 26.7 Å². The minimum atomic E-state index is -0.450. The fourth-order valence-electron chi connectivity index (χ4n) is 2.49. The summed E-state index contributed by atoms with van der Waals surface area (Å²) < 4.78 is 10.7. The van der Waals surface area contributed by atoms with Crippen LogP contribution in [0, 0.1) is 13.8 Å². The number of hydrazine groups is 1. The lowest BCUT2D eigenvalue weighted by Gasteiger charge is -2.12. The smallest absolute Gasteiger partial charge is 0.276 e. The molecule has 146 valence electrons. The number of para-hydroxylation sites is 1. The number of thiophene rings is 1. The van der Waals surface area contributed by atoms with Gasteiger partial charge in [-0.25, -0.2) is 0 Å². The van der Waals surface area contributed by atoms with E-state index in [1.165, 1.54) is 11.3 Å². The number of benzene rings is 1. The van der Waals surface area contributed by atoms with Crippen molar-refractivity contribution in [3.63, 3.8) is 0 Å². The van der Waals surface area contributed by atoms with Gasteiger partial charge in [0.2, 0.25) is 17.6 Å². The van der Waals surface area contributed by atoms with Gasteiger partial charge in [-0.3, -0.25) is 20.4 Å². The van der Waals surface area contributed by atoms with Gasteiger partial charge >= 0.3 is 0 Å². The first-order valence-electron chi connectivity index (χ1n) is 8.65. The number of aromatic nitrogens is 2. The van der Waals surface area contributed by atoms with E-state index in [4.69, 9.17) is 9.26 Å². The maximum Gasteiger partial charge on any atom is 0.276 e. The maximum absolute atomic E-state index is 11.9. The predicted molar refractivity (Wildman–Crippen MR) is 104 cm³/mol. The topological polar surface area (TPSA) is 106 Å². The van der Waals surface area contributed by atoms with E-state index in [0.717, 1.165) is 16.7 Å². The van der Waals surface area contributed by atoms with Crippen LogP contribution < -0.4 is 15.6 Å². The average Bonchev–Trinajstić information content (AvgIpc) is 3.35. The molecule has 2 amide bonds. The Balaban J connectivity index is 1.39. The van der Waals surface area contributed by atoms with Crippen LogP contribution in [0.25, 0.3) is 11.4 Å². The van der Waals surface area contributed by atoms with Gasteiger partial charge in [0.15, 0.2) is 6.61 Å². The summed E-state index contributed by atoms with van der Waals surface area (Å²) in [5.74, 6) is 0.709. The summed E-state index contributed by atoms with van der Waals surface area (Å²) in [5, 5.41) is 7.72. The first kappa shape index (κ1) is 19.6. The third-order valence-corrected chi connectivity index (χ3v) is 4.59. The Bertz CT molecular complexity index is 933. The second-order valence-electron chi connectivity index (χ2n) is 6.13. The molecule has 28 heavy (non-hydrogen) atoms. The van der Waals surface area contributed by atoms with Crippen molar-refractivity contribution in [2.75, 3.05) is 6.61 Å². The highest BCUT2D eigenvalue weighted by Crippen LogP contribution is 2.22. The maximum atomic E-state index is 11.9. The Morgan fingerprint density at radius 3 is 2.61 bits per heavy atom. The molecule has 2 heterocycles. The van der Waals surface area contributed by atoms with Crippen molar-refractivity contribution in [2.24, 2.45) is 0 Å². The number of hydrogen-bond acceptors (Lipinski definition) is 7. The van der Waals surface area contributed by atoms with Gasteiger partial charge < -0.3 is 9.26 Å². The number of carbonyl (C=O) groups excluding carboxylic acids is 2. The molecule has 0 spiro atoms. The number of hydrogen-bond donors (Lipinski definition) is 2. The van der Waals surface area contributed by atoms with Crippen LogP contribution in [0.5, 0.6) is 5.75 Å². The molecule has 1 aromatic carbocycles. The number of carbonyl (C=O) groups is 2. The highest BCUT2D eigenvalue weighted by molar-refractivity contribution is 7.08. The molecule has 0 aliphatic heterocycles. The van der Waals surface area contributed by atoms with Crippen molar-refractivity contribution in [1.82, 2.24) is 21.0 Å². The fraction of sp³-hybridized carbons (Fsp3) is 0.263. The van der Waals surface area contributed by atoms with Crippen LogP contribution in [0.2, 0.25) is 0 Å². The number of aryl methyl sites for hydroxylation is 3. The van der Waals surface area contributed by atoms with E-state index < -0.39 is 5.91 Å². The summed E-state index contributed by atoms with van der Waals surface area (Å²) in [7, 11) is 0. The lowest BCUT2D eigenvalue weighted by atomic mass is 10.1. The van der Waals surface area contributed by atoms with Crippen LogP contribution in [0.4, 0.5) is 0 Å². The zero-order valence-corrected chi connectivity index (χ0v) is 16.3. The van der Waals surface area contributed by atoms with Crippen LogP contribution in [0.15, 0.2) is 39.5 Å². The lowest BCUT2D eigenvalue weighted by molar-refractivity contribution is -0.130. The van der Waals surface area contributed by atoms with Gasteiger partial charge in [-0.1, -0.05) is 23.4 Å². The van der Waals surface area contributed by atoms with E-state index in [0.29, 0.717) is 17.5 Å². The quantitative estimate of drug-likeness (QED) is 0.591. The van der Waals surface area contributed by atoms with Gasteiger partial charge in [-0.05, 0) is 36.4 Å². The number of nitrogens with one attached hydrogen (secondary N) is 2. The van der Waals surface area contributed by atoms with Crippen molar-refractivity contribution < 1.29 is 18.8 Å². The molecule has 0 fully saturated rings. The molecule has 0 saturated heterocycles. The molecule has 0 aliphatic carbocycles. The second-order valence-corrected chi connectivity index (χ2v) is 6.91. The molecule has 0 radical (unpaired) electrons. The molecular formula is C19H20N4O4S. The molecular weight excluding hydrogens is 380 g/mol. The van der Waals surface area contributed by atoms with E-state index in [1.807, 2.05) is 48.9 Å². The average molecular weight is 400 g/mol. The van der Waals surface area contributed by atoms with Gasteiger partial charge in [-0.2, -0.15) is 16.3 Å². The Hall–Kier alpha value is -3.20. The molecule has 0 saturated carbocycles. The first-order valence-corrected chi connectivity index (χ1v) is 9.59. The van der Waals surface area contributed by atoms with Crippen LogP contribution in [-0.4, -0.2) is 28.6 Å². The van der Waals surface area contributed by atoms with Crippen LogP contribution >= 0.6 is 11.3 Å². The third-order valence-electron chi connectivity index (χ3n) is 3.91. The van der Waals surface area contributed by atoms with Crippen LogP contribution in [0.3, 0.4) is 0 Å². The summed E-state index contributed by atoms with van der Waals surface area (Å²) >= 11 is 1.54. The molecule has 2 aromatic heterocycles. The highest BCUT2D eigenvalue weighted by Gasteiger charge is 2.12. The SMILES string of the molecule is Cc1cccc(C)c1OCC(=O)NNC(=O)CCc1nc(-c2ccsc2)no1. The summed E-state index contributed by atoms with van der Waals surface area (Å²) in [4.78, 5) is 28.0. The van der Waals surface area contributed by atoms with Crippen molar-refractivity contribution in [3.05, 3.63) is 52.0 Å². The largest absolute Gasteiger partial charge is 0.483 e. The van der Waals surface area contributed by atoms with Crippen LogP contribution in [-0.2, 0) is 16.0 Å². The predicted octanol–water partition coefficient (Wildman–Crippen LogP) is 2.57. The number of ether oxygens (including phenoxy) is 1. The Kier molecular flexibility index (Phi) is 6.38. The Labute approximate surface area is 165 Å². The van der Waals surface area contributed by atoms with Gasteiger partial charge in [0.25, 0.3) is 5.91 Å². The van der Waals surface area contributed by atoms with Crippen LogP contribution in [0.1, 0.15) is 23.4 Å². The lowest BCUT2D eigenvalue weighted by Crippen LogP contribution is -2.44. The first-order chi connectivity index (χ1) is 13.5. The minimum absolute atomic E-state index is 0.101. The molecule has 0 atom stereocenters. The third kappa shape index (κ3) is 5.17. The van der Waals surface area contributed by atoms with Crippen molar-refractivity contribution in [3.8, 4) is 17.1 Å². The zero-order valence-electron chi connectivity index (χ0n) is 15.5. The summed E-state index contributed by atoms with van der Waals surface area (Å²) in [5.41, 5.74) is 7.43. The molecule has 0 bridgehead atoms. The normalized spacial score (nSPS) is 10.5. The van der Waals surface area contributed by atoms with E-state index in [2.05, 4.69) is 21.0 Å². The van der Waals surface area contributed by atoms with Gasteiger partial charge in [0, 0.05) is 23.8 Å². The molecule has 8 nitrogen and oxygen atoms in total. The second kappa shape index (κ2) is 9.14. The number of rotatable bonds is 7. The van der Waals surface area contributed by atoms with Crippen molar-refractivity contribution in [1.29, 1.82) is 0 Å².